The fourth-order valence-corrected chi connectivity index (χ4v) is 3.04. The van der Waals surface area contributed by atoms with Crippen LogP contribution in [0.1, 0.15) is 17.4 Å². The highest BCUT2D eigenvalue weighted by Crippen LogP contribution is 2.31. The average Bonchev–Trinajstić information content (AvgIpc) is 2.86. The van der Waals surface area contributed by atoms with Crippen molar-refractivity contribution in [1.29, 1.82) is 0 Å². The molecular weight excluding hydrogens is 337 g/mol. The highest BCUT2D eigenvalue weighted by Gasteiger charge is 2.27. The van der Waals surface area contributed by atoms with Crippen molar-refractivity contribution in [2.75, 3.05) is 6.61 Å². The number of aromatic nitrogens is 3. The molecule has 1 aromatic carbocycles. The molecule has 1 unspecified atom stereocenters. The molecule has 1 aliphatic heterocycles. The highest BCUT2D eigenvalue weighted by atomic mass is 79.9. The first-order valence-electron chi connectivity index (χ1n) is 6.59. The lowest BCUT2D eigenvalue weighted by Gasteiger charge is -2.26. The molecule has 0 spiro atoms. The van der Waals surface area contributed by atoms with Crippen molar-refractivity contribution in [3.05, 3.63) is 58.2 Å². The number of nitrogens with zero attached hydrogens (tertiary/aromatic N) is 3. The summed E-state index contributed by atoms with van der Waals surface area (Å²) in [5, 5.41) is 0. The lowest BCUT2D eigenvalue weighted by Crippen LogP contribution is -2.25. The molecule has 1 aliphatic rings. The van der Waals surface area contributed by atoms with E-state index in [4.69, 9.17) is 4.74 Å². The molecule has 0 saturated heterocycles. The van der Waals surface area contributed by atoms with E-state index >= 15 is 0 Å². The molecule has 0 N–H and O–H groups in total. The van der Waals surface area contributed by atoms with Gasteiger partial charge in [0.15, 0.2) is 5.65 Å². The van der Waals surface area contributed by atoms with Crippen LogP contribution in [-0.4, -0.2) is 21.1 Å². The quantitative estimate of drug-likeness (QED) is 0.633. The van der Waals surface area contributed by atoms with E-state index < -0.39 is 0 Å². The van der Waals surface area contributed by atoms with Crippen LogP contribution >= 0.6 is 15.9 Å². The number of ether oxygens (including phenoxy) is 1. The van der Waals surface area contributed by atoms with Crippen molar-refractivity contribution in [2.45, 2.75) is 12.6 Å². The summed E-state index contributed by atoms with van der Waals surface area (Å²) < 4.78 is 22.4. The first kappa shape index (κ1) is 12.9. The Bertz CT molecular complexity index is 833. The van der Waals surface area contributed by atoms with Crippen molar-refractivity contribution >= 4 is 27.1 Å². The van der Waals surface area contributed by atoms with Crippen LogP contribution in [0.15, 0.2) is 41.0 Å². The minimum absolute atomic E-state index is 0.240. The summed E-state index contributed by atoms with van der Waals surface area (Å²) in [6.07, 6.45) is 0. The summed E-state index contributed by atoms with van der Waals surface area (Å²) in [4.78, 5) is 9.03. The standard InChI is InChI=1S/C15H11BrFN3O/c16-13-6-5-11-15(19-13)20-12(7-21-8-14(20)18-11)9-3-1-2-4-10(9)17/h1-6,12H,7-8H2. The molecular formula is C15H11BrFN3O. The van der Waals surface area contributed by atoms with Crippen LogP contribution in [0.3, 0.4) is 0 Å². The maximum Gasteiger partial charge on any atom is 0.162 e. The number of hydrogen-bond acceptors (Lipinski definition) is 3. The van der Waals surface area contributed by atoms with Gasteiger partial charge in [0.2, 0.25) is 0 Å². The second-order valence-electron chi connectivity index (χ2n) is 4.93. The Labute approximate surface area is 128 Å². The van der Waals surface area contributed by atoms with E-state index in [0.717, 1.165) is 21.6 Å². The van der Waals surface area contributed by atoms with Crippen molar-refractivity contribution in [3.63, 3.8) is 0 Å². The largest absolute Gasteiger partial charge is 0.371 e. The average molecular weight is 348 g/mol. The highest BCUT2D eigenvalue weighted by molar-refractivity contribution is 9.10. The maximum absolute atomic E-state index is 14.1. The predicted octanol–water partition coefficient (Wildman–Crippen LogP) is 3.45. The first-order valence-corrected chi connectivity index (χ1v) is 7.39. The van der Waals surface area contributed by atoms with Crippen molar-refractivity contribution < 1.29 is 9.13 Å². The summed E-state index contributed by atoms with van der Waals surface area (Å²) in [5.74, 6) is 0.533. The number of rotatable bonds is 1. The lowest BCUT2D eigenvalue weighted by molar-refractivity contribution is 0.0667. The van der Waals surface area contributed by atoms with E-state index in [1.807, 2.05) is 22.8 Å². The van der Waals surface area contributed by atoms with E-state index in [1.54, 1.807) is 12.1 Å². The summed E-state index contributed by atoms with van der Waals surface area (Å²) >= 11 is 3.38. The van der Waals surface area contributed by atoms with E-state index in [-0.39, 0.29) is 11.9 Å². The van der Waals surface area contributed by atoms with Gasteiger partial charge in [-0.2, -0.15) is 0 Å². The summed E-state index contributed by atoms with van der Waals surface area (Å²) in [5.41, 5.74) is 2.13. The lowest BCUT2D eigenvalue weighted by atomic mass is 10.1. The molecule has 0 radical (unpaired) electrons. The Morgan fingerprint density at radius 1 is 1.19 bits per heavy atom. The van der Waals surface area contributed by atoms with Gasteiger partial charge in [-0.1, -0.05) is 18.2 Å². The Hall–Kier alpha value is -1.79. The third-order valence-electron chi connectivity index (χ3n) is 3.66. The normalized spacial score (nSPS) is 17.9. The van der Waals surface area contributed by atoms with E-state index in [1.165, 1.54) is 6.07 Å². The zero-order valence-corrected chi connectivity index (χ0v) is 12.5. The number of imidazole rings is 1. The Morgan fingerprint density at radius 2 is 2.05 bits per heavy atom. The Kier molecular flexibility index (Phi) is 3.01. The summed E-state index contributed by atoms with van der Waals surface area (Å²) in [6.45, 7) is 0.826. The van der Waals surface area contributed by atoms with Gasteiger partial charge in [0.1, 0.15) is 28.4 Å². The van der Waals surface area contributed by atoms with E-state index in [0.29, 0.717) is 18.8 Å². The fourth-order valence-electron chi connectivity index (χ4n) is 2.74. The van der Waals surface area contributed by atoms with Gasteiger partial charge in [0.05, 0.1) is 12.6 Å². The van der Waals surface area contributed by atoms with Gasteiger partial charge in [-0.3, -0.25) is 0 Å². The second kappa shape index (κ2) is 4.89. The molecule has 0 aliphatic carbocycles. The molecule has 2 aromatic heterocycles. The number of hydrogen-bond donors (Lipinski definition) is 0. The third kappa shape index (κ3) is 2.06. The van der Waals surface area contributed by atoms with Gasteiger partial charge < -0.3 is 9.30 Å². The van der Waals surface area contributed by atoms with Crippen molar-refractivity contribution in [3.8, 4) is 0 Å². The second-order valence-corrected chi connectivity index (χ2v) is 5.74. The smallest absolute Gasteiger partial charge is 0.162 e. The predicted molar refractivity (Wildman–Crippen MR) is 79.4 cm³/mol. The number of fused-ring (bicyclic) bond motifs is 3. The van der Waals surface area contributed by atoms with Crippen molar-refractivity contribution in [2.24, 2.45) is 0 Å². The van der Waals surface area contributed by atoms with Gasteiger partial charge in [0.25, 0.3) is 0 Å². The SMILES string of the molecule is Fc1ccccc1C1COCc2nc3ccc(Br)nc3n21. The van der Waals surface area contributed by atoms with Gasteiger partial charge in [-0.15, -0.1) is 0 Å². The van der Waals surface area contributed by atoms with E-state index in [9.17, 15) is 4.39 Å². The maximum atomic E-state index is 14.1. The van der Waals surface area contributed by atoms with Crippen LogP contribution in [0.25, 0.3) is 11.2 Å². The van der Waals surface area contributed by atoms with Crippen LogP contribution in [0.4, 0.5) is 4.39 Å². The van der Waals surface area contributed by atoms with Crippen LogP contribution in [0, 0.1) is 5.82 Å². The fraction of sp³-hybridized carbons (Fsp3) is 0.200. The molecule has 0 fully saturated rings. The third-order valence-corrected chi connectivity index (χ3v) is 4.10. The molecule has 106 valence electrons. The molecule has 3 heterocycles. The van der Waals surface area contributed by atoms with Gasteiger partial charge in [-0.25, -0.2) is 14.4 Å². The van der Waals surface area contributed by atoms with Gasteiger partial charge in [0, 0.05) is 5.56 Å². The van der Waals surface area contributed by atoms with Crippen LogP contribution < -0.4 is 0 Å². The van der Waals surface area contributed by atoms with Crippen LogP contribution in [0.2, 0.25) is 0 Å². The molecule has 1 atom stereocenters. The monoisotopic (exact) mass is 347 g/mol. The van der Waals surface area contributed by atoms with Crippen LogP contribution in [0.5, 0.6) is 0 Å². The molecule has 21 heavy (non-hydrogen) atoms. The number of pyridine rings is 1. The zero-order valence-electron chi connectivity index (χ0n) is 11.0. The topological polar surface area (TPSA) is 39.9 Å². The molecule has 4 rings (SSSR count). The van der Waals surface area contributed by atoms with Crippen molar-refractivity contribution in [1.82, 2.24) is 14.5 Å². The van der Waals surface area contributed by atoms with E-state index in [2.05, 4.69) is 25.9 Å². The van der Waals surface area contributed by atoms with Crippen LogP contribution in [-0.2, 0) is 11.3 Å². The Balaban J connectivity index is 1.97. The van der Waals surface area contributed by atoms with Gasteiger partial charge in [-0.05, 0) is 34.1 Å². The van der Waals surface area contributed by atoms with Gasteiger partial charge >= 0.3 is 0 Å². The zero-order chi connectivity index (χ0) is 14.4. The number of halogens is 2. The first-order chi connectivity index (χ1) is 10.2. The molecule has 3 aromatic rings. The molecule has 0 saturated carbocycles. The summed E-state index contributed by atoms with van der Waals surface area (Å²) in [7, 11) is 0. The molecule has 0 amide bonds. The molecule has 0 bridgehead atoms. The summed E-state index contributed by atoms with van der Waals surface area (Å²) in [6, 6.07) is 10.3. The Morgan fingerprint density at radius 3 is 2.90 bits per heavy atom. The molecule has 4 nitrogen and oxygen atoms in total. The minimum atomic E-state index is -0.248. The molecule has 6 heteroatoms. The number of benzene rings is 1. The minimum Gasteiger partial charge on any atom is -0.371 e.